The first-order chi connectivity index (χ1) is 11.2. The van der Waals surface area contributed by atoms with Crippen LogP contribution in [0.5, 0.6) is 5.75 Å². The molecule has 0 aromatic heterocycles. The molecule has 3 heteroatoms. The van der Waals surface area contributed by atoms with Crippen molar-refractivity contribution in [1.82, 2.24) is 0 Å². The Balaban J connectivity index is 2.29. The van der Waals surface area contributed by atoms with Gasteiger partial charge in [0.1, 0.15) is 5.75 Å². The van der Waals surface area contributed by atoms with Crippen LogP contribution in [-0.4, -0.2) is 17.2 Å². The van der Waals surface area contributed by atoms with Gasteiger partial charge in [-0.2, -0.15) is 0 Å². The molecule has 128 valence electrons. The summed E-state index contributed by atoms with van der Waals surface area (Å²) in [5, 5.41) is 9.61. The summed E-state index contributed by atoms with van der Waals surface area (Å²) < 4.78 is 5.92. The van der Waals surface area contributed by atoms with Crippen LogP contribution < -0.4 is 4.74 Å². The molecule has 2 rings (SSSR count). The number of aryl methyl sites for hydroxylation is 2. The molecule has 1 atom stereocenters. The van der Waals surface area contributed by atoms with Crippen LogP contribution in [-0.2, 0) is 16.6 Å². The average molecular weight is 326 g/mol. The van der Waals surface area contributed by atoms with Gasteiger partial charge in [-0.05, 0) is 42.0 Å². The van der Waals surface area contributed by atoms with E-state index in [-0.39, 0.29) is 5.41 Å². The fourth-order valence-corrected chi connectivity index (χ4v) is 2.80. The van der Waals surface area contributed by atoms with Crippen molar-refractivity contribution in [3.05, 3.63) is 64.7 Å². The average Bonchev–Trinajstić information content (AvgIpc) is 2.48. The van der Waals surface area contributed by atoms with Gasteiger partial charge in [-0.1, -0.05) is 62.7 Å². The van der Waals surface area contributed by atoms with Crippen molar-refractivity contribution < 1.29 is 14.6 Å². The number of carboxylic acids is 1. The first-order valence-electron chi connectivity index (χ1n) is 8.23. The summed E-state index contributed by atoms with van der Waals surface area (Å²) in [5.41, 5.74) is 4.16. The summed E-state index contributed by atoms with van der Waals surface area (Å²) in [5.74, 6) is -0.305. The predicted octanol–water partition coefficient (Wildman–Crippen LogP) is 4.68. The van der Waals surface area contributed by atoms with E-state index in [1.165, 1.54) is 5.56 Å². The molecular weight excluding hydrogens is 300 g/mol. The summed E-state index contributed by atoms with van der Waals surface area (Å²) in [6, 6.07) is 13.7. The molecule has 0 amide bonds. The summed E-state index contributed by atoms with van der Waals surface area (Å²) >= 11 is 0. The Bertz CT molecular complexity index is 726. The molecule has 0 aliphatic carbocycles. The third-order valence-electron chi connectivity index (χ3n) is 4.14. The Labute approximate surface area is 144 Å². The monoisotopic (exact) mass is 326 g/mol. The lowest BCUT2D eigenvalue weighted by molar-refractivity contribution is -0.145. The van der Waals surface area contributed by atoms with E-state index in [9.17, 15) is 9.90 Å². The Kier molecular flexibility index (Phi) is 5.33. The number of hydrogen-bond donors (Lipinski definition) is 1. The van der Waals surface area contributed by atoms with Crippen LogP contribution in [0.4, 0.5) is 0 Å². The van der Waals surface area contributed by atoms with Crippen molar-refractivity contribution in [3.63, 3.8) is 0 Å². The van der Waals surface area contributed by atoms with Crippen molar-refractivity contribution in [2.75, 3.05) is 0 Å². The van der Waals surface area contributed by atoms with Crippen LogP contribution in [0.1, 0.15) is 43.0 Å². The van der Waals surface area contributed by atoms with Gasteiger partial charge >= 0.3 is 5.97 Å². The minimum Gasteiger partial charge on any atom is -0.478 e. The van der Waals surface area contributed by atoms with E-state index in [0.717, 1.165) is 16.7 Å². The van der Waals surface area contributed by atoms with E-state index in [1.54, 1.807) is 0 Å². The van der Waals surface area contributed by atoms with Crippen molar-refractivity contribution >= 4 is 5.97 Å². The second-order valence-corrected chi connectivity index (χ2v) is 7.32. The Morgan fingerprint density at radius 2 is 1.79 bits per heavy atom. The number of ether oxygens (including phenoxy) is 1. The Morgan fingerprint density at radius 3 is 2.38 bits per heavy atom. The second-order valence-electron chi connectivity index (χ2n) is 7.32. The maximum atomic E-state index is 11.7. The molecule has 0 radical (unpaired) electrons. The van der Waals surface area contributed by atoms with Crippen LogP contribution in [0.3, 0.4) is 0 Å². The van der Waals surface area contributed by atoms with Gasteiger partial charge in [-0.15, -0.1) is 0 Å². The lowest BCUT2D eigenvalue weighted by Gasteiger charge is -2.25. The van der Waals surface area contributed by atoms with Crippen LogP contribution in [0.25, 0.3) is 0 Å². The van der Waals surface area contributed by atoms with E-state index in [1.807, 2.05) is 50.2 Å². The van der Waals surface area contributed by atoms with E-state index >= 15 is 0 Å². The molecule has 0 aliphatic rings. The maximum Gasteiger partial charge on any atom is 0.345 e. The minimum absolute atomic E-state index is 0.112. The zero-order chi connectivity index (χ0) is 17.9. The third kappa shape index (κ3) is 4.38. The second kappa shape index (κ2) is 7.08. The van der Waals surface area contributed by atoms with Crippen molar-refractivity contribution in [2.45, 2.75) is 52.6 Å². The summed E-state index contributed by atoms with van der Waals surface area (Å²) in [6.45, 7) is 10.3. The first kappa shape index (κ1) is 18.1. The third-order valence-corrected chi connectivity index (χ3v) is 4.14. The number of aliphatic carboxylic acids is 1. The number of carboxylic acid groups (broad SMARTS) is 1. The van der Waals surface area contributed by atoms with Gasteiger partial charge in [0, 0.05) is 6.42 Å². The first-order valence-corrected chi connectivity index (χ1v) is 8.23. The Hall–Kier alpha value is -2.29. The van der Waals surface area contributed by atoms with Crippen LogP contribution in [0.2, 0.25) is 0 Å². The molecule has 1 unspecified atom stereocenters. The largest absolute Gasteiger partial charge is 0.478 e. The number of benzene rings is 2. The van der Waals surface area contributed by atoms with Gasteiger partial charge in [-0.3, -0.25) is 0 Å². The normalized spacial score (nSPS) is 12.7. The minimum atomic E-state index is -0.946. The zero-order valence-electron chi connectivity index (χ0n) is 15.1. The van der Waals surface area contributed by atoms with Crippen LogP contribution in [0, 0.1) is 13.8 Å². The Morgan fingerprint density at radius 1 is 1.12 bits per heavy atom. The number of hydrogen-bond acceptors (Lipinski definition) is 2. The fourth-order valence-electron chi connectivity index (χ4n) is 2.80. The van der Waals surface area contributed by atoms with Gasteiger partial charge in [0.15, 0.2) is 6.10 Å². The van der Waals surface area contributed by atoms with Crippen LogP contribution in [0.15, 0.2) is 42.5 Å². The van der Waals surface area contributed by atoms with Crippen molar-refractivity contribution in [3.8, 4) is 5.75 Å². The molecule has 2 aromatic carbocycles. The molecular formula is C21H26O3. The lowest BCUT2D eigenvalue weighted by atomic mass is 9.86. The highest BCUT2D eigenvalue weighted by atomic mass is 16.5. The topological polar surface area (TPSA) is 46.5 Å². The molecule has 0 bridgehead atoms. The van der Waals surface area contributed by atoms with Crippen LogP contribution >= 0.6 is 0 Å². The maximum absolute atomic E-state index is 11.7. The summed E-state index contributed by atoms with van der Waals surface area (Å²) in [6.07, 6.45) is -0.560. The number of rotatable bonds is 5. The number of para-hydroxylation sites is 1. The van der Waals surface area contributed by atoms with Gasteiger partial charge < -0.3 is 9.84 Å². The van der Waals surface area contributed by atoms with Crippen molar-refractivity contribution in [1.29, 1.82) is 0 Å². The quantitative estimate of drug-likeness (QED) is 0.868. The van der Waals surface area contributed by atoms with E-state index in [2.05, 4.69) is 26.8 Å². The highest BCUT2D eigenvalue weighted by molar-refractivity contribution is 5.73. The van der Waals surface area contributed by atoms with Crippen molar-refractivity contribution in [2.24, 2.45) is 0 Å². The molecule has 0 fully saturated rings. The SMILES string of the molecule is Cc1ccc(CC(Oc2ccccc2C(C)(C)C)C(=O)O)c(C)c1. The van der Waals surface area contributed by atoms with Gasteiger partial charge in [0.05, 0.1) is 0 Å². The summed E-state index contributed by atoms with van der Waals surface area (Å²) in [7, 11) is 0. The standard InChI is InChI=1S/C21H26O3/c1-14-10-11-16(15(2)12-14)13-19(20(22)23)24-18-9-7-6-8-17(18)21(3,4)5/h6-12,19H,13H2,1-5H3,(H,22,23). The smallest absolute Gasteiger partial charge is 0.345 e. The molecule has 0 spiro atoms. The molecule has 1 N–H and O–H groups in total. The molecule has 0 saturated heterocycles. The lowest BCUT2D eigenvalue weighted by Crippen LogP contribution is -2.30. The van der Waals surface area contributed by atoms with E-state index in [4.69, 9.17) is 4.74 Å². The molecule has 0 heterocycles. The van der Waals surface area contributed by atoms with E-state index in [0.29, 0.717) is 12.2 Å². The fraction of sp³-hybridized carbons (Fsp3) is 0.381. The van der Waals surface area contributed by atoms with E-state index < -0.39 is 12.1 Å². The molecule has 0 aliphatic heterocycles. The van der Waals surface area contributed by atoms with Gasteiger partial charge in [0.25, 0.3) is 0 Å². The number of carbonyl (C=O) groups is 1. The highest BCUT2D eigenvalue weighted by Gasteiger charge is 2.25. The molecule has 24 heavy (non-hydrogen) atoms. The van der Waals surface area contributed by atoms with Gasteiger partial charge in [0.2, 0.25) is 0 Å². The van der Waals surface area contributed by atoms with Gasteiger partial charge in [-0.25, -0.2) is 4.79 Å². The zero-order valence-corrected chi connectivity index (χ0v) is 15.1. The highest BCUT2D eigenvalue weighted by Crippen LogP contribution is 2.32. The molecule has 0 saturated carbocycles. The molecule has 2 aromatic rings. The summed E-state index contributed by atoms with van der Waals surface area (Å²) in [4.78, 5) is 11.7. The molecule has 3 nitrogen and oxygen atoms in total. The predicted molar refractivity (Wildman–Crippen MR) is 96.8 cm³/mol.